The first-order valence-electron chi connectivity index (χ1n) is 10.8. The summed E-state index contributed by atoms with van der Waals surface area (Å²) in [6.45, 7) is 1.71. The van der Waals surface area contributed by atoms with Crippen LogP contribution in [0.4, 0.5) is 4.39 Å². The average Bonchev–Trinajstić information content (AvgIpc) is 2.85. The molecule has 0 bridgehead atoms. The maximum Gasteiger partial charge on any atom is 0.283 e. The number of aliphatic imine (C=N–C) groups is 1. The van der Waals surface area contributed by atoms with E-state index in [0.717, 1.165) is 28.8 Å². The number of hydrogen-bond acceptors (Lipinski definition) is 7. The lowest BCUT2D eigenvalue weighted by Crippen LogP contribution is -2.42. The summed E-state index contributed by atoms with van der Waals surface area (Å²) in [5.41, 5.74) is 9.81. The molecule has 2 aromatic heterocycles. The van der Waals surface area contributed by atoms with Gasteiger partial charge < -0.3 is 19.9 Å². The van der Waals surface area contributed by atoms with Crippen LogP contribution in [0.15, 0.2) is 59.9 Å². The normalized spacial score (nSPS) is 21.2. The number of nitrogens with two attached hydrogens (primary N) is 1. The van der Waals surface area contributed by atoms with Crippen molar-refractivity contribution in [2.45, 2.75) is 18.4 Å². The molecule has 0 fully saturated rings. The Hall–Kier alpha value is -3.78. The fourth-order valence-electron chi connectivity index (χ4n) is 4.71. The van der Waals surface area contributed by atoms with Crippen LogP contribution < -0.4 is 10.5 Å². The second-order valence-electron chi connectivity index (χ2n) is 8.17. The van der Waals surface area contributed by atoms with Crippen LogP contribution in [-0.2, 0) is 15.1 Å². The van der Waals surface area contributed by atoms with Gasteiger partial charge in [-0.15, -0.1) is 0 Å². The summed E-state index contributed by atoms with van der Waals surface area (Å²) in [7, 11) is 0. The minimum absolute atomic E-state index is 0.113. The Morgan fingerprint density at radius 1 is 1.06 bits per heavy atom. The van der Waals surface area contributed by atoms with E-state index in [-0.39, 0.29) is 6.02 Å². The van der Waals surface area contributed by atoms with E-state index in [1.807, 2.05) is 30.3 Å². The molecule has 3 aromatic rings. The summed E-state index contributed by atoms with van der Waals surface area (Å²) < 4.78 is 32.4. The third kappa shape index (κ3) is 3.25. The molecule has 5 heterocycles. The highest BCUT2D eigenvalue weighted by atomic mass is 19.1. The van der Waals surface area contributed by atoms with Gasteiger partial charge in [0.1, 0.15) is 5.75 Å². The van der Waals surface area contributed by atoms with Crippen LogP contribution in [0.2, 0.25) is 0 Å². The summed E-state index contributed by atoms with van der Waals surface area (Å²) in [4.78, 5) is 12.7. The zero-order valence-corrected chi connectivity index (χ0v) is 17.8. The largest absolute Gasteiger partial charge is 0.455 e. The van der Waals surface area contributed by atoms with Gasteiger partial charge in [-0.25, -0.2) is 9.98 Å². The predicted molar refractivity (Wildman–Crippen MR) is 120 cm³/mol. The molecule has 3 aliphatic rings. The predicted octanol–water partition coefficient (Wildman–Crippen LogP) is 4.17. The SMILES string of the molecule is NC1=NCC[C@]2(O1)c1cc(-c3cccnc3F)ccc1Oc1cnc(C3=CCOCC3)cc12. The number of nitrogens with zero attached hydrogens (tertiary/aromatic N) is 3. The molecule has 0 aliphatic carbocycles. The first kappa shape index (κ1) is 19.9. The topological polar surface area (TPSA) is 91.9 Å². The molecule has 2 N–H and O–H groups in total. The summed E-state index contributed by atoms with van der Waals surface area (Å²) in [6.07, 6.45) is 6.54. The van der Waals surface area contributed by atoms with Crippen molar-refractivity contribution in [1.82, 2.24) is 9.97 Å². The van der Waals surface area contributed by atoms with Gasteiger partial charge in [0.15, 0.2) is 11.4 Å². The molecular weight excluding hydrogens is 423 g/mol. The number of ether oxygens (including phenoxy) is 3. The quantitative estimate of drug-likeness (QED) is 0.597. The number of aromatic nitrogens is 2. The summed E-state index contributed by atoms with van der Waals surface area (Å²) in [6, 6.07) is 11.1. The van der Waals surface area contributed by atoms with Crippen LogP contribution >= 0.6 is 0 Å². The molecule has 6 rings (SSSR count). The van der Waals surface area contributed by atoms with E-state index < -0.39 is 11.5 Å². The number of halogens is 1. The Morgan fingerprint density at radius 3 is 2.79 bits per heavy atom. The third-order valence-electron chi connectivity index (χ3n) is 6.31. The highest BCUT2D eigenvalue weighted by Gasteiger charge is 2.47. The number of hydrogen-bond donors (Lipinski definition) is 1. The smallest absolute Gasteiger partial charge is 0.283 e. The second-order valence-corrected chi connectivity index (χ2v) is 8.17. The van der Waals surface area contributed by atoms with Crippen LogP contribution in [-0.4, -0.2) is 35.7 Å². The van der Waals surface area contributed by atoms with Crippen molar-refractivity contribution >= 4 is 11.6 Å². The number of fused-ring (bicyclic) bond motifs is 4. The Kier molecular flexibility index (Phi) is 4.62. The molecule has 7 nitrogen and oxygen atoms in total. The molecule has 0 saturated carbocycles. The van der Waals surface area contributed by atoms with Crippen LogP contribution in [0.5, 0.6) is 11.5 Å². The van der Waals surface area contributed by atoms with Crippen molar-refractivity contribution in [3.8, 4) is 22.6 Å². The van der Waals surface area contributed by atoms with Crippen molar-refractivity contribution in [1.29, 1.82) is 0 Å². The first-order valence-corrected chi connectivity index (χ1v) is 10.8. The number of rotatable bonds is 2. The Balaban J connectivity index is 1.54. The maximum atomic E-state index is 14.5. The average molecular weight is 444 g/mol. The molecule has 1 spiro atoms. The van der Waals surface area contributed by atoms with E-state index in [2.05, 4.69) is 15.0 Å². The monoisotopic (exact) mass is 444 g/mol. The van der Waals surface area contributed by atoms with Gasteiger partial charge in [0.2, 0.25) is 5.95 Å². The molecule has 0 unspecified atom stereocenters. The van der Waals surface area contributed by atoms with E-state index in [9.17, 15) is 4.39 Å². The van der Waals surface area contributed by atoms with Gasteiger partial charge in [-0.1, -0.05) is 12.1 Å². The highest BCUT2D eigenvalue weighted by molar-refractivity contribution is 5.76. The van der Waals surface area contributed by atoms with Gasteiger partial charge in [0, 0.05) is 35.9 Å². The van der Waals surface area contributed by atoms with Crippen molar-refractivity contribution in [3.05, 3.63) is 77.6 Å². The minimum Gasteiger partial charge on any atom is -0.455 e. The van der Waals surface area contributed by atoms with E-state index in [4.69, 9.17) is 19.9 Å². The number of amidine groups is 1. The molecule has 166 valence electrons. The van der Waals surface area contributed by atoms with E-state index in [0.29, 0.717) is 48.8 Å². The Labute approximate surface area is 189 Å². The Morgan fingerprint density at radius 2 is 1.97 bits per heavy atom. The molecule has 3 aliphatic heterocycles. The van der Waals surface area contributed by atoms with Crippen LogP contribution in [0.25, 0.3) is 16.7 Å². The molecular formula is C25H21FN4O3. The van der Waals surface area contributed by atoms with Gasteiger partial charge in [0.25, 0.3) is 6.02 Å². The highest BCUT2D eigenvalue weighted by Crippen LogP contribution is 2.52. The van der Waals surface area contributed by atoms with Crippen molar-refractivity contribution in [3.63, 3.8) is 0 Å². The number of benzene rings is 1. The Bertz CT molecular complexity index is 1320. The first-order chi connectivity index (χ1) is 16.1. The van der Waals surface area contributed by atoms with Crippen molar-refractivity contribution in [2.24, 2.45) is 10.7 Å². The lowest BCUT2D eigenvalue weighted by atomic mass is 9.79. The molecule has 0 saturated heterocycles. The van der Waals surface area contributed by atoms with Crippen LogP contribution in [0.1, 0.15) is 29.7 Å². The van der Waals surface area contributed by atoms with Gasteiger partial charge >= 0.3 is 0 Å². The standard InChI is InChI=1S/C25H21FN4O3/c26-23-17(2-1-8-28-23)16-3-4-21-18(12-16)25(7-9-29-24(27)33-25)19-13-20(30-14-22(19)32-21)15-5-10-31-11-6-15/h1-5,8,12-14H,6-7,9-11H2,(H2,27,29)/t25-/m0/s1. The van der Waals surface area contributed by atoms with Gasteiger partial charge in [0.05, 0.1) is 25.1 Å². The molecule has 8 heteroatoms. The molecule has 0 amide bonds. The zero-order valence-electron chi connectivity index (χ0n) is 17.8. The van der Waals surface area contributed by atoms with E-state index in [1.165, 1.54) is 6.20 Å². The van der Waals surface area contributed by atoms with E-state index in [1.54, 1.807) is 18.3 Å². The molecule has 33 heavy (non-hydrogen) atoms. The molecule has 1 atom stereocenters. The molecule has 1 aromatic carbocycles. The fraction of sp³-hybridized carbons (Fsp3) is 0.240. The molecule has 0 radical (unpaired) electrons. The van der Waals surface area contributed by atoms with Crippen LogP contribution in [0.3, 0.4) is 0 Å². The fourth-order valence-corrected chi connectivity index (χ4v) is 4.71. The van der Waals surface area contributed by atoms with Crippen LogP contribution in [0, 0.1) is 5.95 Å². The van der Waals surface area contributed by atoms with Gasteiger partial charge in [-0.3, -0.25) is 4.98 Å². The summed E-state index contributed by atoms with van der Waals surface area (Å²) in [5, 5.41) is 0. The van der Waals surface area contributed by atoms with Crippen molar-refractivity contribution < 1.29 is 18.6 Å². The lowest BCUT2D eigenvalue weighted by molar-refractivity contribution is 0.0635. The summed E-state index contributed by atoms with van der Waals surface area (Å²) in [5.74, 6) is 0.686. The van der Waals surface area contributed by atoms with E-state index >= 15 is 0 Å². The maximum absolute atomic E-state index is 14.5. The van der Waals surface area contributed by atoms with Crippen molar-refractivity contribution in [2.75, 3.05) is 19.8 Å². The lowest BCUT2D eigenvalue weighted by Gasteiger charge is -2.41. The zero-order chi connectivity index (χ0) is 22.4. The van der Waals surface area contributed by atoms with Gasteiger partial charge in [-0.2, -0.15) is 4.39 Å². The summed E-state index contributed by atoms with van der Waals surface area (Å²) >= 11 is 0. The third-order valence-corrected chi connectivity index (χ3v) is 6.31. The number of pyridine rings is 2. The minimum atomic E-state index is -0.924. The van der Waals surface area contributed by atoms with Gasteiger partial charge in [-0.05, 0) is 47.9 Å². The second kappa shape index (κ2) is 7.67.